The van der Waals surface area contributed by atoms with Crippen molar-refractivity contribution in [3.05, 3.63) is 59.8 Å². The Bertz CT molecular complexity index is 1040. The van der Waals surface area contributed by atoms with Gasteiger partial charge in [-0.1, -0.05) is 17.3 Å². The average molecular weight is 380 g/mol. The average Bonchev–Trinajstić information content (AvgIpc) is 3.24. The molecule has 1 amide bonds. The molecule has 1 aliphatic rings. The van der Waals surface area contributed by atoms with Gasteiger partial charge in [0.05, 0.1) is 18.4 Å². The van der Waals surface area contributed by atoms with E-state index in [4.69, 9.17) is 18.7 Å². The highest BCUT2D eigenvalue weighted by atomic mass is 16.6. The Hall–Kier alpha value is -3.81. The van der Waals surface area contributed by atoms with Crippen LogP contribution in [0.2, 0.25) is 0 Å². The molecule has 1 aromatic heterocycles. The highest BCUT2D eigenvalue weighted by Gasteiger charge is 2.19. The molecule has 2 heterocycles. The second-order valence-electron chi connectivity index (χ2n) is 5.93. The molecule has 0 radical (unpaired) electrons. The fourth-order valence-corrected chi connectivity index (χ4v) is 2.78. The topological polar surface area (TPSA) is 99.9 Å². The molecule has 0 unspecified atom stereocenters. The lowest BCUT2D eigenvalue weighted by Crippen LogP contribution is -2.15. The summed E-state index contributed by atoms with van der Waals surface area (Å²) in [5, 5.41) is 6.47. The number of rotatable bonds is 4. The summed E-state index contributed by atoms with van der Waals surface area (Å²) in [5.41, 5.74) is 1.34. The normalized spacial score (nSPS) is 12.3. The zero-order valence-electron chi connectivity index (χ0n) is 14.9. The fraction of sp³-hybridized carbons (Fsp3) is 0.150. The van der Waals surface area contributed by atoms with E-state index in [2.05, 4.69) is 10.5 Å². The van der Waals surface area contributed by atoms with Crippen LogP contribution in [0.5, 0.6) is 11.5 Å². The molecule has 0 saturated heterocycles. The van der Waals surface area contributed by atoms with Crippen LogP contribution in [0.3, 0.4) is 0 Å². The van der Waals surface area contributed by atoms with E-state index in [1.807, 2.05) is 0 Å². The number of fused-ring (bicyclic) bond motifs is 1. The Balaban J connectivity index is 1.55. The number of nitrogens with zero attached hydrogens (tertiary/aromatic N) is 1. The molecule has 0 spiro atoms. The van der Waals surface area contributed by atoms with Crippen molar-refractivity contribution in [2.75, 3.05) is 25.6 Å². The van der Waals surface area contributed by atoms with E-state index in [-0.39, 0.29) is 11.3 Å². The smallest absolute Gasteiger partial charge is 0.339 e. The number of esters is 1. The van der Waals surface area contributed by atoms with Crippen LogP contribution in [0.1, 0.15) is 20.8 Å². The molecule has 1 aliphatic heterocycles. The van der Waals surface area contributed by atoms with Gasteiger partial charge < -0.3 is 24.1 Å². The quantitative estimate of drug-likeness (QED) is 0.694. The van der Waals surface area contributed by atoms with Crippen molar-refractivity contribution < 1.29 is 28.3 Å². The number of methoxy groups -OCH3 is 1. The monoisotopic (exact) mass is 380 g/mol. The molecule has 0 atom stereocenters. The van der Waals surface area contributed by atoms with Crippen molar-refractivity contribution in [3.63, 3.8) is 0 Å². The molecule has 28 heavy (non-hydrogen) atoms. The molecule has 3 aromatic rings. The third-order valence-corrected chi connectivity index (χ3v) is 4.15. The van der Waals surface area contributed by atoms with Gasteiger partial charge in [0.2, 0.25) is 0 Å². The van der Waals surface area contributed by atoms with Gasteiger partial charge >= 0.3 is 5.97 Å². The molecular formula is C20H16N2O6. The molecule has 0 aliphatic carbocycles. The van der Waals surface area contributed by atoms with Crippen molar-refractivity contribution in [2.45, 2.75) is 0 Å². The van der Waals surface area contributed by atoms with E-state index in [9.17, 15) is 9.59 Å². The molecule has 2 aromatic carbocycles. The Kier molecular flexibility index (Phi) is 4.67. The second-order valence-corrected chi connectivity index (χ2v) is 5.93. The number of nitrogens with one attached hydrogen (secondary N) is 1. The highest BCUT2D eigenvalue weighted by Crippen LogP contribution is 2.34. The summed E-state index contributed by atoms with van der Waals surface area (Å²) in [7, 11) is 1.28. The number of benzene rings is 2. The molecule has 8 nitrogen and oxygen atoms in total. The number of hydrogen-bond donors (Lipinski definition) is 1. The highest BCUT2D eigenvalue weighted by molar-refractivity contribution is 6.07. The van der Waals surface area contributed by atoms with Crippen molar-refractivity contribution in [1.29, 1.82) is 0 Å². The first-order valence-corrected chi connectivity index (χ1v) is 8.51. The lowest BCUT2D eigenvalue weighted by Gasteiger charge is -2.18. The predicted octanol–water partition coefficient (Wildman–Crippen LogP) is 3.15. The van der Waals surface area contributed by atoms with E-state index in [0.717, 1.165) is 0 Å². The summed E-state index contributed by atoms with van der Waals surface area (Å²) in [6.07, 6.45) is 0. The number of para-hydroxylation sites is 1. The molecule has 8 heteroatoms. The van der Waals surface area contributed by atoms with Gasteiger partial charge in [-0.05, 0) is 30.3 Å². The maximum Gasteiger partial charge on any atom is 0.339 e. The van der Waals surface area contributed by atoms with E-state index in [1.54, 1.807) is 42.5 Å². The lowest BCUT2D eigenvalue weighted by atomic mass is 10.1. The Morgan fingerprint density at radius 1 is 1.04 bits per heavy atom. The number of anilines is 1. The number of aromatic nitrogens is 1. The molecule has 0 saturated carbocycles. The van der Waals surface area contributed by atoms with Crippen molar-refractivity contribution in [2.24, 2.45) is 0 Å². The zero-order chi connectivity index (χ0) is 19.5. The van der Waals surface area contributed by atoms with E-state index in [1.165, 1.54) is 13.2 Å². The maximum atomic E-state index is 12.5. The molecular weight excluding hydrogens is 364 g/mol. The summed E-state index contributed by atoms with van der Waals surface area (Å²) in [6, 6.07) is 13.4. The standard InChI is InChI=1S/C20H16N2O6/c1-25-20(24)13-4-2-3-5-14(13)21-19(23)15-11-17(28-22-15)12-6-7-16-18(10-12)27-9-8-26-16/h2-7,10-11H,8-9H2,1H3,(H,21,23). The van der Waals surface area contributed by atoms with Crippen molar-refractivity contribution >= 4 is 17.6 Å². The van der Waals surface area contributed by atoms with Crippen LogP contribution in [0.15, 0.2) is 53.1 Å². The molecule has 1 N–H and O–H groups in total. The van der Waals surface area contributed by atoms with Gasteiger partial charge in [-0.3, -0.25) is 4.79 Å². The summed E-state index contributed by atoms with van der Waals surface area (Å²) in [5.74, 6) is 0.616. The molecule has 0 bridgehead atoms. The third-order valence-electron chi connectivity index (χ3n) is 4.15. The number of carbonyl (C=O) groups excluding carboxylic acids is 2. The van der Waals surface area contributed by atoms with Gasteiger partial charge in [-0.25, -0.2) is 4.79 Å². The minimum absolute atomic E-state index is 0.0737. The number of hydrogen-bond acceptors (Lipinski definition) is 7. The first-order chi connectivity index (χ1) is 13.7. The number of amides is 1. The summed E-state index contributed by atoms with van der Waals surface area (Å²) >= 11 is 0. The Morgan fingerprint density at radius 2 is 1.82 bits per heavy atom. The summed E-state index contributed by atoms with van der Waals surface area (Å²) < 4.78 is 21.1. The molecule has 142 valence electrons. The van der Waals surface area contributed by atoms with Crippen LogP contribution in [0, 0.1) is 0 Å². The Labute approximate surface area is 160 Å². The fourth-order valence-electron chi connectivity index (χ4n) is 2.78. The molecule has 0 fully saturated rings. The first-order valence-electron chi connectivity index (χ1n) is 8.51. The van der Waals surface area contributed by atoms with Gasteiger partial charge in [-0.15, -0.1) is 0 Å². The lowest BCUT2D eigenvalue weighted by molar-refractivity contribution is 0.0602. The van der Waals surface area contributed by atoms with Crippen LogP contribution in [0.4, 0.5) is 5.69 Å². The summed E-state index contributed by atoms with van der Waals surface area (Å²) in [6.45, 7) is 0.978. The van der Waals surface area contributed by atoms with Crippen molar-refractivity contribution in [3.8, 4) is 22.8 Å². The van der Waals surface area contributed by atoms with E-state index in [0.29, 0.717) is 41.7 Å². The summed E-state index contributed by atoms with van der Waals surface area (Å²) in [4.78, 5) is 24.4. The Morgan fingerprint density at radius 3 is 2.64 bits per heavy atom. The van der Waals surface area contributed by atoms with Crippen molar-refractivity contribution in [1.82, 2.24) is 5.16 Å². The minimum atomic E-state index is -0.548. The first kappa shape index (κ1) is 17.6. The van der Waals surface area contributed by atoms with Gasteiger partial charge in [-0.2, -0.15) is 0 Å². The van der Waals surface area contributed by atoms with Crippen LogP contribution in [-0.2, 0) is 4.74 Å². The second kappa shape index (κ2) is 7.43. The largest absolute Gasteiger partial charge is 0.486 e. The van der Waals surface area contributed by atoms with Gasteiger partial charge in [0.15, 0.2) is 23.0 Å². The maximum absolute atomic E-state index is 12.5. The van der Waals surface area contributed by atoms with Gasteiger partial charge in [0, 0.05) is 11.6 Å². The molecule has 4 rings (SSSR count). The number of carbonyl (C=O) groups is 2. The SMILES string of the molecule is COC(=O)c1ccccc1NC(=O)c1cc(-c2ccc3c(c2)OCCO3)on1. The zero-order valence-corrected chi connectivity index (χ0v) is 14.9. The minimum Gasteiger partial charge on any atom is -0.486 e. The van der Waals surface area contributed by atoms with Crippen LogP contribution >= 0.6 is 0 Å². The van der Waals surface area contributed by atoms with Crippen LogP contribution < -0.4 is 14.8 Å². The van der Waals surface area contributed by atoms with Crippen LogP contribution in [-0.4, -0.2) is 37.4 Å². The third kappa shape index (κ3) is 3.39. The van der Waals surface area contributed by atoms with Crippen LogP contribution in [0.25, 0.3) is 11.3 Å². The van der Waals surface area contributed by atoms with E-state index < -0.39 is 11.9 Å². The van der Waals surface area contributed by atoms with E-state index >= 15 is 0 Å². The van der Waals surface area contributed by atoms with Gasteiger partial charge in [0.25, 0.3) is 5.91 Å². The number of ether oxygens (including phenoxy) is 3. The predicted molar refractivity (Wildman–Crippen MR) is 98.7 cm³/mol. The van der Waals surface area contributed by atoms with Gasteiger partial charge in [0.1, 0.15) is 13.2 Å².